The van der Waals surface area contributed by atoms with Gasteiger partial charge in [-0.05, 0) is 30.3 Å². The van der Waals surface area contributed by atoms with E-state index < -0.39 is 0 Å². The quantitative estimate of drug-likeness (QED) is 0.574. The van der Waals surface area contributed by atoms with Crippen LogP contribution in [0.3, 0.4) is 0 Å². The molecule has 0 saturated carbocycles. The van der Waals surface area contributed by atoms with E-state index in [1.807, 2.05) is 30.3 Å². The zero-order valence-corrected chi connectivity index (χ0v) is 12.9. The molecular formula is C15H11BrN2OS. The lowest BCUT2D eigenvalue weighted by Crippen LogP contribution is -2.06. The molecule has 0 amide bonds. The summed E-state index contributed by atoms with van der Waals surface area (Å²) in [5, 5.41) is 0.818. The molecule has 100 valence electrons. The topological polar surface area (TPSA) is 56.0 Å². The molecule has 0 fully saturated rings. The van der Waals surface area contributed by atoms with Gasteiger partial charge in [0.2, 0.25) is 0 Å². The minimum absolute atomic E-state index is 0.00550. The van der Waals surface area contributed by atoms with Crippen LogP contribution in [0.15, 0.2) is 46.9 Å². The maximum Gasteiger partial charge on any atom is 0.171 e. The molecule has 0 saturated heterocycles. The van der Waals surface area contributed by atoms with Gasteiger partial charge in [-0.2, -0.15) is 0 Å². The molecule has 0 spiro atoms. The molecule has 0 aliphatic carbocycles. The van der Waals surface area contributed by atoms with Gasteiger partial charge >= 0.3 is 0 Å². The van der Waals surface area contributed by atoms with E-state index in [0.717, 1.165) is 19.7 Å². The molecule has 0 aliphatic heterocycles. The highest BCUT2D eigenvalue weighted by molar-refractivity contribution is 9.10. The number of fused-ring (bicyclic) bond motifs is 1. The highest BCUT2D eigenvalue weighted by Crippen LogP contribution is 2.24. The van der Waals surface area contributed by atoms with Crippen molar-refractivity contribution in [1.82, 2.24) is 4.98 Å². The number of Topliss-reactive ketones (excluding diaryl/α,β-unsaturated/α-hetero) is 1. The van der Waals surface area contributed by atoms with E-state index >= 15 is 0 Å². The fourth-order valence-electron chi connectivity index (χ4n) is 2.02. The SMILES string of the molecule is Nc1cc(Br)ccc1C(=O)Cc1nc2ccccc2s1. The molecule has 1 aromatic heterocycles. The summed E-state index contributed by atoms with van der Waals surface area (Å²) in [5.74, 6) is -0.00550. The van der Waals surface area contributed by atoms with Crippen molar-refractivity contribution in [2.24, 2.45) is 0 Å². The summed E-state index contributed by atoms with van der Waals surface area (Å²) in [6.45, 7) is 0. The number of anilines is 1. The first-order valence-corrected chi connectivity index (χ1v) is 7.67. The van der Waals surface area contributed by atoms with Gasteiger partial charge in [-0.15, -0.1) is 11.3 Å². The Bertz CT molecular complexity index is 764. The van der Waals surface area contributed by atoms with E-state index in [-0.39, 0.29) is 12.2 Å². The summed E-state index contributed by atoms with van der Waals surface area (Å²) in [6, 6.07) is 13.2. The predicted octanol–water partition coefficient (Wildman–Crippen LogP) is 4.07. The van der Waals surface area contributed by atoms with Gasteiger partial charge in [0, 0.05) is 15.7 Å². The number of benzene rings is 2. The van der Waals surface area contributed by atoms with Crippen molar-refractivity contribution in [3.63, 3.8) is 0 Å². The number of carbonyl (C=O) groups excluding carboxylic acids is 1. The number of hydrogen-bond donors (Lipinski definition) is 1. The van der Waals surface area contributed by atoms with Crippen LogP contribution in [-0.2, 0) is 6.42 Å². The van der Waals surface area contributed by atoms with Crippen molar-refractivity contribution in [2.45, 2.75) is 6.42 Å². The average Bonchev–Trinajstić information content (AvgIpc) is 2.80. The van der Waals surface area contributed by atoms with Crippen molar-refractivity contribution < 1.29 is 4.79 Å². The minimum atomic E-state index is -0.00550. The molecule has 5 heteroatoms. The van der Waals surface area contributed by atoms with E-state index in [4.69, 9.17) is 5.73 Å². The second-order valence-corrected chi connectivity index (χ2v) is 6.44. The van der Waals surface area contributed by atoms with Crippen molar-refractivity contribution in [3.05, 3.63) is 57.5 Å². The highest BCUT2D eigenvalue weighted by atomic mass is 79.9. The van der Waals surface area contributed by atoms with E-state index in [0.29, 0.717) is 11.3 Å². The zero-order chi connectivity index (χ0) is 14.1. The Morgan fingerprint density at radius 1 is 1.25 bits per heavy atom. The van der Waals surface area contributed by atoms with Crippen LogP contribution in [0.5, 0.6) is 0 Å². The minimum Gasteiger partial charge on any atom is -0.398 e. The number of hydrogen-bond acceptors (Lipinski definition) is 4. The van der Waals surface area contributed by atoms with Gasteiger partial charge in [-0.25, -0.2) is 4.98 Å². The molecule has 0 aliphatic rings. The van der Waals surface area contributed by atoms with Gasteiger partial charge in [-0.1, -0.05) is 28.1 Å². The summed E-state index contributed by atoms with van der Waals surface area (Å²) in [4.78, 5) is 16.8. The lowest BCUT2D eigenvalue weighted by Gasteiger charge is -2.03. The van der Waals surface area contributed by atoms with Crippen LogP contribution in [0.25, 0.3) is 10.2 Å². The largest absolute Gasteiger partial charge is 0.398 e. The van der Waals surface area contributed by atoms with Crippen molar-refractivity contribution in [1.29, 1.82) is 0 Å². The molecule has 3 rings (SSSR count). The Balaban J connectivity index is 1.88. The van der Waals surface area contributed by atoms with E-state index in [1.165, 1.54) is 0 Å². The van der Waals surface area contributed by atoms with Crippen molar-refractivity contribution in [2.75, 3.05) is 5.73 Å². The van der Waals surface area contributed by atoms with Crippen LogP contribution < -0.4 is 5.73 Å². The number of nitrogens with zero attached hydrogens (tertiary/aromatic N) is 1. The highest BCUT2D eigenvalue weighted by Gasteiger charge is 2.13. The molecule has 0 radical (unpaired) electrons. The first kappa shape index (κ1) is 13.3. The van der Waals surface area contributed by atoms with Gasteiger partial charge in [0.1, 0.15) is 5.01 Å². The predicted molar refractivity (Wildman–Crippen MR) is 86.2 cm³/mol. The van der Waals surface area contributed by atoms with Crippen LogP contribution in [0.2, 0.25) is 0 Å². The summed E-state index contributed by atoms with van der Waals surface area (Å²) < 4.78 is 1.96. The number of aromatic nitrogens is 1. The smallest absolute Gasteiger partial charge is 0.171 e. The summed E-state index contributed by atoms with van der Waals surface area (Å²) in [6.07, 6.45) is 0.283. The fourth-order valence-corrected chi connectivity index (χ4v) is 3.36. The third-order valence-electron chi connectivity index (χ3n) is 2.96. The van der Waals surface area contributed by atoms with E-state index in [2.05, 4.69) is 20.9 Å². The molecule has 0 unspecified atom stereocenters. The summed E-state index contributed by atoms with van der Waals surface area (Å²) in [5.41, 5.74) is 7.86. The number of halogens is 1. The summed E-state index contributed by atoms with van der Waals surface area (Å²) in [7, 11) is 0. The molecule has 3 nitrogen and oxygen atoms in total. The molecule has 0 atom stereocenters. The van der Waals surface area contributed by atoms with E-state index in [9.17, 15) is 4.79 Å². The number of ketones is 1. The number of nitrogen functional groups attached to an aromatic ring is 1. The molecule has 2 aromatic carbocycles. The van der Waals surface area contributed by atoms with E-state index in [1.54, 1.807) is 23.5 Å². The van der Waals surface area contributed by atoms with Crippen LogP contribution in [0.4, 0.5) is 5.69 Å². The Kier molecular flexibility index (Phi) is 3.54. The van der Waals surface area contributed by atoms with Gasteiger partial charge in [0.25, 0.3) is 0 Å². The van der Waals surface area contributed by atoms with Crippen molar-refractivity contribution in [3.8, 4) is 0 Å². The molecular weight excluding hydrogens is 336 g/mol. The lowest BCUT2D eigenvalue weighted by molar-refractivity contribution is 0.0994. The number of thiazole rings is 1. The number of rotatable bonds is 3. The standard InChI is InChI=1S/C15H11BrN2OS/c16-9-5-6-10(11(17)7-9)13(19)8-15-18-12-3-1-2-4-14(12)20-15/h1-7H,8,17H2. The number of para-hydroxylation sites is 1. The van der Waals surface area contributed by atoms with Crippen molar-refractivity contribution >= 4 is 49.0 Å². The average molecular weight is 347 g/mol. The van der Waals surface area contributed by atoms with Gasteiger partial charge in [0.05, 0.1) is 16.6 Å². The maximum atomic E-state index is 12.3. The molecule has 1 heterocycles. The first-order valence-electron chi connectivity index (χ1n) is 6.06. The summed E-state index contributed by atoms with van der Waals surface area (Å²) >= 11 is 4.88. The second kappa shape index (κ2) is 5.34. The third kappa shape index (κ3) is 2.59. The van der Waals surface area contributed by atoms with Gasteiger partial charge < -0.3 is 5.73 Å². The zero-order valence-electron chi connectivity index (χ0n) is 10.5. The van der Waals surface area contributed by atoms with Gasteiger partial charge in [-0.3, -0.25) is 4.79 Å². The Hall–Kier alpha value is -1.72. The Morgan fingerprint density at radius 2 is 2.05 bits per heavy atom. The lowest BCUT2D eigenvalue weighted by atomic mass is 10.1. The maximum absolute atomic E-state index is 12.3. The molecule has 0 bridgehead atoms. The normalized spacial score (nSPS) is 10.8. The second-order valence-electron chi connectivity index (χ2n) is 4.41. The van der Waals surface area contributed by atoms with Crippen LogP contribution in [0.1, 0.15) is 15.4 Å². The molecule has 2 N–H and O–H groups in total. The fraction of sp³-hybridized carbons (Fsp3) is 0.0667. The Labute approximate surface area is 128 Å². The van der Waals surface area contributed by atoms with Crippen LogP contribution >= 0.6 is 27.3 Å². The number of nitrogens with two attached hydrogens (primary N) is 1. The van der Waals surface area contributed by atoms with Gasteiger partial charge in [0.15, 0.2) is 5.78 Å². The van der Waals surface area contributed by atoms with Crippen LogP contribution in [-0.4, -0.2) is 10.8 Å². The monoisotopic (exact) mass is 346 g/mol. The molecule has 3 aromatic rings. The van der Waals surface area contributed by atoms with Crippen LogP contribution in [0, 0.1) is 0 Å². The number of carbonyl (C=O) groups is 1. The third-order valence-corrected chi connectivity index (χ3v) is 4.49. The molecule has 20 heavy (non-hydrogen) atoms. The first-order chi connectivity index (χ1) is 9.63. The Morgan fingerprint density at radius 3 is 2.80 bits per heavy atom.